The van der Waals surface area contributed by atoms with Gasteiger partial charge in [-0.1, -0.05) is 26.7 Å². The molecule has 0 spiro atoms. The molecular formula is C24H32N6O7. The van der Waals surface area contributed by atoms with Gasteiger partial charge in [0.15, 0.2) is 6.39 Å². The van der Waals surface area contributed by atoms with Gasteiger partial charge in [-0.3, -0.25) is 28.8 Å². The van der Waals surface area contributed by atoms with Crippen LogP contribution < -0.4 is 26.8 Å². The van der Waals surface area contributed by atoms with Crippen molar-refractivity contribution < 1.29 is 28.4 Å². The molecule has 4 N–H and O–H groups in total. The van der Waals surface area contributed by atoms with E-state index in [2.05, 4.69) is 26.3 Å². The molecule has 0 aliphatic carbocycles. The van der Waals surface area contributed by atoms with Crippen LogP contribution in [0.5, 0.6) is 0 Å². The Kier molecular flexibility index (Phi) is 11.2. The predicted molar refractivity (Wildman–Crippen MR) is 132 cm³/mol. The van der Waals surface area contributed by atoms with E-state index in [4.69, 9.17) is 4.42 Å². The van der Waals surface area contributed by atoms with E-state index in [1.54, 1.807) is 0 Å². The van der Waals surface area contributed by atoms with E-state index in [1.165, 1.54) is 25.4 Å². The zero-order chi connectivity index (χ0) is 27.4. The number of rotatable bonds is 14. The van der Waals surface area contributed by atoms with Gasteiger partial charge < -0.3 is 30.3 Å². The van der Waals surface area contributed by atoms with E-state index in [0.717, 1.165) is 30.0 Å². The van der Waals surface area contributed by atoms with Gasteiger partial charge in [-0.05, 0) is 24.5 Å². The summed E-state index contributed by atoms with van der Waals surface area (Å²) < 4.78 is 6.07. The molecule has 0 aromatic carbocycles. The van der Waals surface area contributed by atoms with Crippen molar-refractivity contribution in [1.29, 1.82) is 0 Å². The number of pyridine rings is 1. The number of likely N-dealkylation sites (N-methyl/N-ethyl adjacent to an activating group) is 1. The topological polar surface area (TPSA) is 182 Å². The van der Waals surface area contributed by atoms with E-state index in [1.807, 2.05) is 13.8 Å². The number of carbonyl (C=O) groups excluding carboxylic acids is 5. The van der Waals surface area contributed by atoms with E-state index >= 15 is 0 Å². The van der Waals surface area contributed by atoms with Crippen LogP contribution in [0.1, 0.15) is 50.1 Å². The number of carbonyl (C=O) groups is 5. The van der Waals surface area contributed by atoms with Gasteiger partial charge in [-0.25, -0.2) is 4.98 Å². The van der Waals surface area contributed by atoms with Gasteiger partial charge in [-0.2, -0.15) is 0 Å². The van der Waals surface area contributed by atoms with Gasteiger partial charge in [0.1, 0.15) is 18.3 Å². The standard InChI is InChI=1S/C24H32N6O7/c1-4-15(5-2)11-27-20(32)13-30-10-6-7-17(24(30)36)29-21(33)16(8-9-18(31)22(34)25-3)28-23(35)19-12-26-14-37-19/h6-7,10,12,14-16H,4-5,8-9,11,13H2,1-3H3,(H,25,34)(H,27,32)(H,28,35)(H,29,33)/t16-/m0/s1. The fourth-order valence-corrected chi connectivity index (χ4v) is 3.38. The minimum absolute atomic E-state index is 0.128. The highest BCUT2D eigenvalue weighted by molar-refractivity contribution is 6.36. The summed E-state index contributed by atoms with van der Waals surface area (Å²) in [5, 5.41) is 9.85. The molecule has 2 aromatic rings. The molecule has 0 fully saturated rings. The van der Waals surface area contributed by atoms with Crippen LogP contribution in [-0.2, 0) is 25.7 Å². The highest BCUT2D eigenvalue weighted by Crippen LogP contribution is 2.08. The molecule has 0 saturated carbocycles. The summed E-state index contributed by atoms with van der Waals surface area (Å²) in [6, 6.07) is 1.55. The molecule has 2 heterocycles. The highest BCUT2D eigenvalue weighted by Gasteiger charge is 2.26. The zero-order valence-corrected chi connectivity index (χ0v) is 21.0. The zero-order valence-electron chi connectivity index (χ0n) is 21.0. The van der Waals surface area contributed by atoms with Crippen LogP contribution in [-0.4, -0.2) is 58.6 Å². The van der Waals surface area contributed by atoms with Crippen LogP contribution in [0.15, 0.2) is 40.1 Å². The molecule has 0 aliphatic rings. The van der Waals surface area contributed by atoms with Crippen molar-refractivity contribution in [1.82, 2.24) is 25.5 Å². The predicted octanol–water partition coefficient (Wildman–Crippen LogP) is 0.221. The van der Waals surface area contributed by atoms with Gasteiger partial charge in [-0.15, -0.1) is 0 Å². The normalized spacial score (nSPS) is 11.5. The van der Waals surface area contributed by atoms with Crippen LogP contribution in [0.4, 0.5) is 5.69 Å². The van der Waals surface area contributed by atoms with Crippen molar-refractivity contribution in [3.05, 3.63) is 47.0 Å². The number of aromatic nitrogens is 2. The summed E-state index contributed by atoms with van der Waals surface area (Å²) in [6.45, 7) is 4.33. The summed E-state index contributed by atoms with van der Waals surface area (Å²) in [7, 11) is 1.29. The van der Waals surface area contributed by atoms with Crippen molar-refractivity contribution in [3.8, 4) is 0 Å². The number of Topliss-reactive ketones (excluding diaryl/α,β-unsaturated/α-hetero) is 1. The lowest BCUT2D eigenvalue weighted by atomic mass is 10.0. The maximum Gasteiger partial charge on any atom is 0.289 e. The Labute approximate surface area is 213 Å². The maximum atomic E-state index is 13.0. The fourth-order valence-electron chi connectivity index (χ4n) is 3.38. The summed E-state index contributed by atoms with van der Waals surface area (Å²) in [6.07, 6.45) is 4.86. The van der Waals surface area contributed by atoms with E-state index in [0.29, 0.717) is 12.5 Å². The second-order valence-corrected chi connectivity index (χ2v) is 8.26. The molecule has 200 valence electrons. The Morgan fingerprint density at radius 2 is 1.86 bits per heavy atom. The lowest BCUT2D eigenvalue weighted by Crippen LogP contribution is -2.45. The smallest absolute Gasteiger partial charge is 0.289 e. The third-order valence-electron chi connectivity index (χ3n) is 5.75. The summed E-state index contributed by atoms with van der Waals surface area (Å²) in [5.74, 6) is -3.37. The second kappa shape index (κ2) is 14.3. The van der Waals surface area contributed by atoms with Gasteiger partial charge in [0.25, 0.3) is 17.4 Å². The third kappa shape index (κ3) is 8.70. The van der Waals surface area contributed by atoms with Crippen molar-refractivity contribution in [2.45, 2.75) is 52.1 Å². The van der Waals surface area contributed by atoms with Gasteiger partial charge in [0.2, 0.25) is 23.4 Å². The largest absolute Gasteiger partial charge is 0.438 e. The number of hydrogen-bond donors (Lipinski definition) is 4. The lowest BCUT2D eigenvalue weighted by Gasteiger charge is -2.18. The third-order valence-corrected chi connectivity index (χ3v) is 5.75. The molecular weight excluding hydrogens is 484 g/mol. The monoisotopic (exact) mass is 516 g/mol. The molecule has 13 heteroatoms. The molecule has 0 saturated heterocycles. The molecule has 2 rings (SSSR count). The van der Waals surface area contributed by atoms with Crippen molar-refractivity contribution in [2.24, 2.45) is 5.92 Å². The Morgan fingerprint density at radius 1 is 1.14 bits per heavy atom. The number of oxazole rings is 1. The number of amides is 4. The average molecular weight is 517 g/mol. The van der Waals surface area contributed by atoms with Crippen LogP contribution in [0.3, 0.4) is 0 Å². The minimum Gasteiger partial charge on any atom is -0.438 e. The number of hydrogen-bond acceptors (Lipinski definition) is 8. The van der Waals surface area contributed by atoms with E-state index in [9.17, 15) is 28.8 Å². The molecule has 1 atom stereocenters. The minimum atomic E-state index is -1.29. The van der Waals surface area contributed by atoms with Crippen LogP contribution in [0.2, 0.25) is 0 Å². The number of nitrogens with one attached hydrogen (secondary N) is 4. The molecule has 0 bridgehead atoms. The van der Waals surface area contributed by atoms with E-state index < -0.39 is 35.1 Å². The fraction of sp³-hybridized carbons (Fsp3) is 0.458. The Balaban J connectivity index is 2.13. The van der Waals surface area contributed by atoms with Crippen LogP contribution in [0.25, 0.3) is 0 Å². The number of ketones is 1. The summed E-state index contributed by atoms with van der Waals surface area (Å²) >= 11 is 0. The number of anilines is 1. The molecule has 0 aliphatic heterocycles. The molecule has 13 nitrogen and oxygen atoms in total. The SMILES string of the molecule is CCC(CC)CNC(=O)Cn1cccc(NC(=O)[C@H](CCC(=O)C(=O)NC)NC(=O)c2cnco2)c1=O. The first-order valence-corrected chi connectivity index (χ1v) is 11.9. The molecule has 0 unspecified atom stereocenters. The molecule has 0 radical (unpaired) electrons. The first-order valence-electron chi connectivity index (χ1n) is 11.9. The first-order chi connectivity index (χ1) is 17.7. The summed E-state index contributed by atoms with van der Waals surface area (Å²) in [4.78, 5) is 77.7. The quantitative estimate of drug-likeness (QED) is 0.257. The lowest BCUT2D eigenvalue weighted by molar-refractivity contribution is -0.137. The van der Waals surface area contributed by atoms with Gasteiger partial charge >= 0.3 is 0 Å². The highest BCUT2D eigenvalue weighted by atomic mass is 16.3. The number of nitrogens with zero attached hydrogens (tertiary/aromatic N) is 2. The molecule has 37 heavy (non-hydrogen) atoms. The van der Waals surface area contributed by atoms with Gasteiger partial charge in [0, 0.05) is 26.2 Å². The van der Waals surface area contributed by atoms with Crippen LogP contribution >= 0.6 is 0 Å². The average Bonchev–Trinajstić information content (AvgIpc) is 3.44. The summed E-state index contributed by atoms with van der Waals surface area (Å²) in [5.41, 5.74) is -0.757. The first kappa shape index (κ1) is 28.9. The Hall–Kier alpha value is -4.29. The molecule has 4 amide bonds. The Morgan fingerprint density at radius 3 is 2.49 bits per heavy atom. The van der Waals surface area contributed by atoms with Crippen molar-refractivity contribution in [2.75, 3.05) is 18.9 Å². The second-order valence-electron chi connectivity index (χ2n) is 8.26. The molecule has 2 aromatic heterocycles. The van der Waals surface area contributed by atoms with Crippen molar-refractivity contribution >= 4 is 35.1 Å². The maximum absolute atomic E-state index is 13.0. The Bertz CT molecular complexity index is 1150. The van der Waals surface area contributed by atoms with E-state index in [-0.39, 0.29) is 36.7 Å². The van der Waals surface area contributed by atoms with Crippen LogP contribution in [0, 0.1) is 5.92 Å². The van der Waals surface area contributed by atoms with Gasteiger partial charge in [0.05, 0.1) is 6.20 Å². The van der Waals surface area contributed by atoms with Crippen molar-refractivity contribution in [3.63, 3.8) is 0 Å².